The van der Waals surface area contributed by atoms with Crippen molar-refractivity contribution in [2.24, 2.45) is 0 Å². The van der Waals surface area contributed by atoms with Gasteiger partial charge in [0, 0.05) is 15.8 Å². The van der Waals surface area contributed by atoms with Gasteiger partial charge in [0.1, 0.15) is 0 Å². The van der Waals surface area contributed by atoms with E-state index >= 15 is 0 Å². The second-order valence-electron chi connectivity index (χ2n) is 5.80. The van der Waals surface area contributed by atoms with E-state index in [-0.39, 0.29) is 0 Å². The summed E-state index contributed by atoms with van der Waals surface area (Å²) >= 11 is 1.91. The molecule has 1 aliphatic heterocycles. The number of aryl methyl sites for hydroxylation is 2. The second kappa shape index (κ2) is 7.41. The van der Waals surface area contributed by atoms with Crippen LogP contribution in [0.3, 0.4) is 0 Å². The van der Waals surface area contributed by atoms with Gasteiger partial charge in [-0.3, -0.25) is 0 Å². The molecular formula is C16H28N2S. The fraction of sp³-hybridized carbons (Fsp3) is 0.750. The molecule has 0 bridgehead atoms. The van der Waals surface area contributed by atoms with Crippen LogP contribution in [0.15, 0.2) is 6.07 Å². The second-order valence-corrected chi connectivity index (χ2v) is 7.26. The van der Waals surface area contributed by atoms with E-state index in [9.17, 15) is 0 Å². The number of hydrogen-bond donors (Lipinski definition) is 1. The highest BCUT2D eigenvalue weighted by Gasteiger charge is 2.12. The Balaban J connectivity index is 1.66. The van der Waals surface area contributed by atoms with Crippen LogP contribution in [-0.2, 0) is 0 Å². The molecule has 1 atom stereocenters. The van der Waals surface area contributed by atoms with Gasteiger partial charge in [0.2, 0.25) is 0 Å². The molecule has 0 amide bonds. The van der Waals surface area contributed by atoms with Crippen molar-refractivity contribution >= 4 is 11.3 Å². The van der Waals surface area contributed by atoms with Crippen LogP contribution >= 0.6 is 11.3 Å². The van der Waals surface area contributed by atoms with Crippen molar-refractivity contribution in [3.63, 3.8) is 0 Å². The lowest BCUT2D eigenvalue weighted by molar-refractivity contribution is 0.225. The van der Waals surface area contributed by atoms with Crippen LogP contribution in [0.5, 0.6) is 0 Å². The van der Waals surface area contributed by atoms with Gasteiger partial charge < -0.3 is 10.2 Å². The Morgan fingerprint density at radius 2 is 2.00 bits per heavy atom. The molecule has 108 valence electrons. The van der Waals surface area contributed by atoms with Gasteiger partial charge in [-0.25, -0.2) is 0 Å². The molecule has 1 aliphatic rings. The number of thiophene rings is 1. The molecule has 2 heterocycles. The van der Waals surface area contributed by atoms with Crippen LogP contribution < -0.4 is 5.32 Å². The van der Waals surface area contributed by atoms with Crippen LogP contribution in [0, 0.1) is 13.8 Å². The topological polar surface area (TPSA) is 15.3 Å². The molecule has 1 aromatic heterocycles. The smallest absolute Gasteiger partial charge is 0.0302 e. The number of rotatable bonds is 6. The van der Waals surface area contributed by atoms with E-state index < -0.39 is 0 Å². The third kappa shape index (κ3) is 4.59. The van der Waals surface area contributed by atoms with Crippen LogP contribution in [0.2, 0.25) is 0 Å². The SMILES string of the molecule is Cc1cc(C(C)NCCCN2CCCCC2)c(C)s1. The van der Waals surface area contributed by atoms with Crippen LogP contribution in [0.4, 0.5) is 0 Å². The van der Waals surface area contributed by atoms with Crippen molar-refractivity contribution in [2.75, 3.05) is 26.2 Å². The summed E-state index contributed by atoms with van der Waals surface area (Å²) in [6.07, 6.45) is 5.50. The third-order valence-electron chi connectivity index (χ3n) is 4.10. The summed E-state index contributed by atoms with van der Waals surface area (Å²) in [6.45, 7) is 11.8. The molecular weight excluding hydrogens is 252 g/mol. The zero-order chi connectivity index (χ0) is 13.7. The summed E-state index contributed by atoms with van der Waals surface area (Å²) in [5.74, 6) is 0. The highest BCUT2D eigenvalue weighted by atomic mass is 32.1. The van der Waals surface area contributed by atoms with Crippen LogP contribution in [0.1, 0.15) is 54.0 Å². The molecule has 1 saturated heterocycles. The van der Waals surface area contributed by atoms with E-state index in [2.05, 4.69) is 37.1 Å². The molecule has 1 fully saturated rings. The molecule has 2 nitrogen and oxygen atoms in total. The zero-order valence-corrected chi connectivity index (χ0v) is 13.5. The van der Waals surface area contributed by atoms with E-state index in [0.29, 0.717) is 6.04 Å². The number of nitrogens with zero attached hydrogens (tertiary/aromatic N) is 1. The summed E-state index contributed by atoms with van der Waals surface area (Å²) in [6, 6.07) is 2.83. The fourth-order valence-electron chi connectivity index (χ4n) is 2.99. The van der Waals surface area contributed by atoms with Gasteiger partial charge in [-0.05, 0) is 77.8 Å². The van der Waals surface area contributed by atoms with E-state index in [4.69, 9.17) is 0 Å². The molecule has 1 unspecified atom stereocenters. The van der Waals surface area contributed by atoms with Gasteiger partial charge in [-0.2, -0.15) is 0 Å². The highest BCUT2D eigenvalue weighted by Crippen LogP contribution is 2.25. The molecule has 0 radical (unpaired) electrons. The minimum absolute atomic E-state index is 0.492. The number of hydrogen-bond acceptors (Lipinski definition) is 3. The summed E-state index contributed by atoms with van der Waals surface area (Å²) < 4.78 is 0. The summed E-state index contributed by atoms with van der Waals surface area (Å²) in [4.78, 5) is 5.51. The average molecular weight is 280 g/mol. The predicted molar refractivity (Wildman–Crippen MR) is 85.1 cm³/mol. The van der Waals surface area contributed by atoms with Gasteiger partial charge in [0.15, 0.2) is 0 Å². The fourth-order valence-corrected chi connectivity index (χ4v) is 4.02. The van der Waals surface area contributed by atoms with Gasteiger partial charge in [0.25, 0.3) is 0 Å². The molecule has 0 aromatic carbocycles. The molecule has 0 saturated carbocycles. The lowest BCUT2D eigenvalue weighted by atomic mass is 10.1. The Hall–Kier alpha value is -0.380. The molecule has 19 heavy (non-hydrogen) atoms. The van der Waals surface area contributed by atoms with Crippen molar-refractivity contribution in [1.82, 2.24) is 10.2 Å². The first-order valence-corrected chi connectivity index (χ1v) is 8.51. The monoisotopic (exact) mass is 280 g/mol. The van der Waals surface area contributed by atoms with Gasteiger partial charge in [0.05, 0.1) is 0 Å². The summed E-state index contributed by atoms with van der Waals surface area (Å²) in [5, 5.41) is 3.67. The Labute approximate surface area is 122 Å². The molecule has 1 aromatic rings. The van der Waals surface area contributed by atoms with Crippen molar-refractivity contribution in [1.29, 1.82) is 0 Å². The van der Waals surface area contributed by atoms with Crippen LogP contribution in [0.25, 0.3) is 0 Å². The van der Waals surface area contributed by atoms with Gasteiger partial charge in [-0.15, -0.1) is 11.3 Å². The highest BCUT2D eigenvalue weighted by molar-refractivity contribution is 7.12. The Kier molecular flexibility index (Phi) is 5.86. The Bertz CT molecular complexity index is 380. The normalized spacial score (nSPS) is 18.7. The lowest BCUT2D eigenvalue weighted by Gasteiger charge is -2.26. The minimum atomic E-state index is 0.492. The zero-order valence-electron chi connectivity index (χ0n) is 12.7. The molecule has 0 spiro atoms. The van der Waals surface area contributed by atoms with E-state index in [0.717, 1.165) is 6.54 Å². The maximum Gasteiger partial charge on any atom is 0.0302 e. The van der Waals surface area contributed by atoms with Crippen molar-refractivity contribution < 1.29 is 0 Å². The Morgan fingerprint density at radius 3 is 2.63 bits per heavy atom. The maximum absolute atomic E-state index is 3.67. The van der Waals surface area contributed by atoms with Crippen LogP contribution in [-0.4, -0.2) is 31.1 Å². The van der Waals surface area contributed by atoms with E-state index in [1.807, 2.05) is 11.3 Å². The lowest BCUT2D eigenvalue weighted by Crippen LogP contribution is -2.32. The third-order valence-corrected chi connectivity index (χ3v) is 5.08. The van der Waals surface area contributed by atoms with Crippen molar-refractivity contribution in [2.45, 2.75) is 52.5 Å². The quantitative estimate of drug-likeness (QED) is 0.795. The molecule has 2 rings (SSSR count). The first-order chi connectivity index (χ1) is 9.16. The standard InChI is InChI=1S/C16H28N2S/c1-13-12-16(15(3)19-13)14(2)17-8-7-11-18-9-5-4-6-10-18/h12,14,17H,4-11H2,1-3H3. The van der Waals surface area contributed by atoms with Crippen molar-refractivity contribution in [3.05, 3.63) is 21.4 Å². The number of nitrogens with one attached hydrogen (secondary N) is 1. The largest absolute Gasteiger partial charge is 0.310 e. The number of piperidine rings is 1. The summed E-state index contributed by atoms with van der Waals surface area (Å²) in [5.41, 5.74) is 1.49. The predicted octanol–water partition coefficient (Wildman–Crippen LogP) is 3.89. The van der Waals surface area contributed by atoms with E-state index in [1.165, 1.54) is 60.6 Å². The molecule has 0 aliphatic carbocycles. The summed E-state index contributed by atoms with van der Waals surface area (Å²) in [7, 11) is 0. The van der Waals surface area contributed by atoms with Crippen molar-refractivity contribution in [3.8, 4) is 0 Å². The average Bonchev–Trinajstić information content (AvgIpc) is 2.75. The Morgan fingerprint density at radius 1 is 1.26 bits per heavy atom. The number of likely N-dealkylation sites (tertiary alicyclic amines) is 1. The first kappa shape index (κ1) is 15.0. The molecule has 1 N–H and O–H groups in total. The van der Waals surface area contributed by atoms with Gasteiger partial charge >= 0.3 is 0 Å². The first-order valence-electron chi connectivity index (χ1n) is 7.69. The van der Waals surface area contributed by atoms with Gasteiger partial charge in [-0.1, -0.05) is 6.42 Å². The van der Waals surface area contributed by atoms with E-state index in [1.54, 1.807) is 0 Å². The molecule has 3 heteroatoms. The minimum Gasteiger partial charge on any atom is -0.310 e. The maximum atomic E-state index is 3.67.